The van der Waals surface area contributed by atoms with Gasteiger partial charge in [0.15, 0.2) is 17.0 Å². The molecule has 1 unspecified atom stereocenters. The van der Waals surface area contributed by atoms with Crippen LogP contribution in [0.1, 0.15) is 52.4 Å². The van der Waals surface area contributed by atoms with Gasteiger partial charge in [0, 0.05) is 6.54 Å². The van der Waals surface area contributed by atoms with Gasteiger partial charge in [0.1, 0.15) is 4.60 Å². The maximum atomic E-state index is 12.0. The standard InChI is InChI=1S/C16H24BrClN2O2/c1-3-4-5-6-7-8-11-19-16(21)12(2)22-13-9-10-14(17)20-15(13)18/h9-10,12H,3-8,11H2,1-2H3,(H,19,21). The summed E-state index contributed by atoms with van der Waals surface area (Å²) in [6.45, 7) is 4.59. The fourth-order valence-corrected chi connectivity index (χ4v) is 2.60. The summed E-state index contributed by atoms with van der Waals surface area (Å²) >= 11 is 9.19. The lowest BCUT2D eigenvalue weighted by molar-refractivity contribution is -0.127. The Bertz CT molecular complexity index is 471. The van der Waals surface area contributed by atoms with Crippen LogP contribution in [0.25, 0.3) is 0 Å². The Kier molecular flexibility index (Phi) is 9.48. The molecule has 4 nitrogen and oxygen atoms in total. The Morgan fingerprint density at radius 3 is 2.68 bits per heavy atom. The van der Waals surface area contributed by atoms with Crippen molar-refractivity contribution >= 4 is 33.4 Å². The van der Waals surface area contributed by atoms with Gasteiger partial charge in [0.05, 0.1) is 0 Å². The van der Waals surface area contributed by atoms with E-state index >= 15 is 0 Å². The molecule has 0 bridgehead atoms. The van der Waals surface area contributed by atoms with Gasteiger partial charge in [-0.1, -0.05) is 50.6 Å². The number of hydrogen-bond donors (Lipinski definition) is 1. The first-order chi connectivity index (χ1) is 10.5. The molecule has 0 aliphatic carbocycles. The molecular formula is C16H24BrClN2O2. The van der Waals surface area contributed by atoms with E-state index in [1.807, 2.05) is 0 Å². The molecule has 0 aliphatic rings. The highest BCUT2D eigenvalue weighted by molar-refractivity contribution is 9.10. The second-order valence-corrected chi connectivity index (χ2v) is 6.41. The van der Waals surface area contributed by atoms with E-state index in [1.54, 1.807) is 19.1 Å². The van der Waals surface area contributed by atoms with Crippen LogP contribution in [0.2, 0.25) is 5.15 Å². The van der Waals surface area contributed by atoms with Gasteiger partial charge in [0.2, 0.25) is 0 Å². The van der Waals surface area contributed by atoms with Crippen molar-refractivity contribution in [2.75, 3.05) is 6.54 Å². The average Bonchev–Trinajstić information content (AvgIpc) is 2.48. The Hall–Kier alpha value is -0.810. The summed E-state index contributed by atoms with van der Waals surface area (Å²) in [5, 5.41) is 3.13. The number of halogens is 2. The van der Waals surface area contributed by atoms with Crippen LogP contribution in [-0.2, 0) is 4.79 Å². The van der Waals surface area contributed by atoms with Crippen molar-refractivity contribution in [1.82, 2.24) is 10.3 Å². The van der Waals surface area contributed by atoms with E-state index in [2.05, 4.69) is 33.2 Å². The highest BCUT2D eigenvalue weighted by Crippen LogP contribution is 2.25. The third-order valence-electron chi connectivity index (χ3n) is 3.28. The number of nitrogens with one attached hydrogen (secondary N) is 1. The molecule has 124 valence electrons. The lowest BCUT2D eigenvalue weighted by Crippen LogP contribution is -2.36. The summed E-state index contributed by atoms with van der Waals surface area (Å²) in [7, 11) is 0. The summed E-state index contributed by atoms with van der Waals surface area (Å²) in [5.41, 5.74) is 0. The third kappa shape index (κ3) is 7.45. The van der Waals surface area contributed by atoms with E-state index in [0.29, 0.717) is 16.9 Å². The van der Waals surface area contributed by atoms with E-state index in [0.717, 1.165) is 12.8 Å². The van der Waals surface area contributed by atoms with Crippen molar-refractivity contribution < 1.29 is 9.53 Å². The van der Waals surface area contributed by atoms with Crippen LogP contribution in [-0.4, -0.2) is 23.5 Å². The number of ether oxygens (including phenoxy) is 1. The van der Waals surface area contributed by atoms with E-state index < -0.39 is 6.10 Å². The van der Waals surface area contributed by atoms with Gasteiger partial charge in [-0.05, 0) is 41.4 Å². The molecule has 1 atom stereocenters. The molecule has 0 aromatic carbocycles. The molecule has 0 aliphatic heterocycles. The second kappa shape index (κ2) is 10.8. The number of nitrogens with zero attached hydrogens (tertiary/aromatic N) is 1. The third-order valence-corrected chi connectivity index (χ3v) is 4.00. The van der Waals surface area contributed by atoms with Gasteiger partial charge in [-0.3, -0.25) is 4.79 Å². The molecule has 1 aromatic rings. The monoisotopic (exact) mass is 390 g/mol. The summed E-state index contributed by atoms with van der Waals surface area (Å²) in [4.78, 5) is 16.0. The first-order valence-electron chi connectivity index (χ1n) is 7.81. The minimum absolute atomic E-state index is 0.132. The molecule has 1 rings (SSSR count). The van der Waals surface area contributed by atoms with Crippen LogP contribution in [0.3, 0.4) is 0 Å². The highest BCUT2D eigenvalue weighted by atomic mass is 79.9. The first kappa shape index (κ1) is 19.2. The Labute approximate surface area is 146 Å². The van der Waals surface area contributed by atoms with Gasteiger partial charge in [0.25, 0.3) is 5.91 Å². The molecule has 1 heterocycles. The average molecular weight is 392 g/mol. The highest BCUT2D eigenvalue weighted by Gasteiger charge is 2.16. The van der Waals surface area contributed by atoms with Crippen LogP contribution in [0, 0.1) is 0 Å². The van der Waals surface area contributed by atoms with Crippen molar-refractivity contribution in [2.24, 2.45) is 0 Å². The summed E-state index contributed by atoms with van der Waals surface area (Å²) in [5.74, 6) is 0.277. The number of unbranched alkanes of at least 4 members (excludes halogenated alkanes) is 5. The smallest absolute Gasteiger partial charge is 0.260 e. The van der Waals surface area contributed by atoms with Crippen LogP contribution in [0.5, 0.6) is 5.75 Å². The lowest BCUT2D eigenvalue weighted by Gasteiger charge is -2.15. The van der Waals surface area contributed by atoms with E-state index in [1.165, 1.54) is 25.7 Å². The maximum Gasteiger partial charge on any atom is 0.260 e. The summed E-state index contributed by atoms with van der Waals surface area (Å²) < 4.78 is 6.17. The summed E-state index contributed by atoms with van der Waals surface area (Å²) in [6.07, 6.45) is 6.61. The van der Waals surface area contributed by atoms with Crippen molar-refractivity contribution in [3.63, 3.8) is 0 Å². The Morgan fingerprint density at radius 2 is 2.00 bits per heavy atom. The molecular weight excluding hydrogens is 368 g/mol. The van der Waals surface area contributed by atoms with Gasteiger partial charge < -0.3 is 10.1 Å². The molecule has 6 heteroatoms. The zero-order valence-corrected chi connectivity index (χ0v) is 15.5. The van der Waals surface area contributed by atoms with E-state index in [9.17, 15) is 4.79 Å². The lowest BCUT2D eigenvalue weighted by atomic mass is 10.1. The number of amides is 1. The maximum absolute atomic E-state index is 12.0. The van der Waals surface area contributed by atoms with E-state index in [4.69, 9.17) is 16.3 Å². The number of carbonyl (C=O) groups is 1. The molecule has 22 heavy (non-hydrogen) atoms. The number of carbonyl (C=O) groups excluding carboxylic acids is 1. The Balaban J connectivity index is 2.24. The van der Waals surface area contributed by atoms with Gasteiger partial charge in [-0.15, -0.1) is 0 Å². The minimum Gasteiger partial charge on any atom is -0.478 e. The quantitative estimate of drug-likeness (QED) is 0.463. The van der Waals surface area contributed by atoms with Crippen LogP contribution >= 0.6 is 27.5 Å². The first-order valence-corrected chi connectivity index (χ1v) is 8.98. The molecule has 1 aromatic heterocycles. The predicted octanol–water partition coefficient (Wildman–Crippen LogP) is 4.74. The minimum atomic E-state index is -0.597. The van der Waals surface area contributed by atoms with Crippen molar-refractivity contribution in [1.29, 1.82) is 0 Å². The number of pyridine rings is 1. The molecule has 0 radical (unpaired) electrons. The fourth-order valence-electron chi connectivity index (χ4n) is 1.99. The van der Waals surface area contributed by atoms with Crippen molar-refractivity contribution in [3.8, 4) is 5.75 Å². The van der Waals surface area contributed by atoms with Crippen molar-refractivity contribution in [2.45, 2.75) is 58.5 Å². The molecule has 0 saturated heterocycles. The zero-order chi connectivity index (χ0) is 16.4. The van der Waals surface area contributed by atoms with Gasteiger partial charge >= 0.3 is 0 Å². The molecule has 1 N–H and O–H groups in total. The fraction of sp³-hybridized carbons (Fsp3) is 0.625. The topological polar surface area (TPSA) is 51.2 Å². The van der Waals surface area contributed by atoms with E-state index in [-0.39, 0.29) is 11.1 Å². The van der Waals surface area contributed by atoms with Crippen LogP contribution in [0.4, 0.5) is 0 Å². The van der Waals surface area contributed by atoms with Gasteiger partial charge in [-0.25, -0.2) is 4.98 Å². The van der Waals surface area contributed by atoms with Crippen molar-refractivity contribution in [3.05, 3.63) is 21.9 Å². The number of rotatable bonds is 10. The normalized spacial score (nSPS) is 12.0. The summed E-state index contributed by atoms with van der Waals surface area (Å²) in [6, 6.07) is 3.42. The van der Waals surface area contributed by atoms with Gasteiger partial charge in [-0.2, -0.15) is 0 Å². The van der Waals surface area contributed by atoms with Crippen LogP contribution < -0.4 is 10.1 Å². The molecule has 0 saturated carbocycles. The molecule has 1 amide bonds. The Morgan fingerprint density at radius 1 is 1.32 bits per heavy atom. The largest absolute Gasteiger partial charge is 0.478 e. The molecule has 0 spiro atoms. The predicted molar refractivity (Wildman–Crippen MR) is 93.4 cm³/mol. The number of hydrogen-bond acceptors (Lipinski definition) is 3. The second-order valence-electron chi connectivity index (χ2n) is 5.24. The molecule has 0 fully saturated rings. The number of aromatic nitrogens is 1. The SMILES string of the molecule is CCCCCCCCNC(=O)C(C)Oc1ccc(Br)nc1Cl. The van der Waals surface area contributed by atoms with Crippen LogP contribution in [0.15, 0.2) is 16.7 Å². The zero-order valence-electron chi connectivity index (χ0n) is 13.2.